The number of carbonyl (C=O) groups is 6. The standard InChI is InChI=1S/C41H74N4O14S/c1-31(2)37(38(50)43-30-33(46)40(3,4)5)44-35(48)10-13-52-15-17-54-19-21-56-23-25-58-27-28-59-26-24-57-22-20-55-18-16-53-14-11-42-34(47)9-12-45-36(49)29-32(39(45)51)60-41(6,7)8/h31-32,37H,9-30H2,1-8H3,(H,42,47)(H,43,50)(H,44,48). The number of imide groups is 1. The van der Waals surface area contributed by atoms with Crippen molar-refractivity contribution in [3.63, 3.8) is 0 Å². The predicted molar refractivity (Wildman–Crippen MR) is 226 cm³/mol. The van der Waals surface area contributed by atoms with Crippen LogP contribution in [0.5, 0.6) is 0 Å². The van der Waals surface area contributed by atoms with Gasteiger partial charge in [0.25, 0.3) is 0 Å². The highest BCUT2D eigenvalue weighted by Gasteiger charge is 2.40. The van der Waals surface area contributed by atoms with E-state index in [1.165, 1.54) is 16.7 Å². The van der Waals surface area contributed by atoms with Crippen LogP contribution in [0.4, 0.5) is 0 Å². The molecular weight excluding hydrogens is 805 g/mol. The van der Waals surface area contributed by atoms with Crippen molar-refractivity contribution in [3.05, 3.63) is 0 Å². The molecule has 60 heavy (non-hydrogen) atoms. The molecule has 2 unspecified atom stereocenters. The van der Waals surface area contributed by atoms with Gasteiger partial charge in [0, 0.05) is 42.5 Å². The maximum absolute atomic E-state index is 12.5. The summed E-state index contributed by atoms with van der Waals surface area (Å²) in [6, 6.07) is -0.741. The van der Waals surface area contributed by atoms with Gasteiger partial charge < -0.3 is 53.8 Å². The molecule has 0 saturated carbocycles. The summed E-state index contributed by atoms with van der Waals surface area (Å²) < 4.78 is 43.7. The van der Waals surface area contributed by atoms with Gasteiger partial charge in [0.2, 0.25) is 29.5 Å². The lowest BCUT2D eigenvalue weighted by Gasteiger charge is -2.23. The van der Waals surface area contributed by atoms with Crippen LogP contribution in [0.1, 0.15) is 74.7 Å². The minimum Gasteiger partial charge on any atom is -0.379 e. The Morgan fingerprint density at radius 2 is 1.07 bits per heavy atom. The second-order valence-electron chi connectivity index (χ2n) is 16.2. The van der Waals surface area contributed by atoms with E-state index < -0.39 is 11.5 Å². The second-order valence-corrected chi connectivity index (χ2v) is 18.3. The van der Waals surface area contributed by atoms with Gasteiger partial charge in [-0.15, -0.1) is 11.8 Å². The topological polar surface area (TPSA) is 216 Å². The Balaban J connectivity index is 1.83. The number of rotatable bonds is 36. The van der Waals surface area contributed by atoms with Crippen molar-refractivity contribution in [3.8, 4) is 0 Å². The van der Waals surface area contributed by atoms with Crippen molar-refractivity contribution in [2.75, 3.05) is 125 Å². The first-order valence-corrected chi connectivity index (χ1v) is 21.8. The summed E-state index contributed by atoms with van der Waals surface area (Å²) in [6.45, 7) is 21.5. The van der Waals surface area contributed by atoms with Crippen LogP contribution in [0.15, 0.2) is 0 Å². The Morgan fingerprint density at radius 1 is 0.633 bits per heavy atom. The molecule has 2 atom stereocenters. The van der Waals surface area contributed by atoms with Gasteiger partial charge in [-0.1, -0.05) is 55.4 Å². The van der Waals surface area contributed by atoms with Crippen molar-refractivity contribution < 1.29 is 66.7 Å². The maximum atomic E-state index is 12.5. The van der Waals surface area contributed by atoms with E-state index in [1.54, 1.807) is 20.8 Å². The normalized spacial score (nSPS) is 15.2. The van der Waals surface area contributed by atoms with Crippen molar-refractivity contribution >= 4 is 47.1 Å². The molecule has 3 N–H and O–H groups in total. The average molecular weight is 879 g/mol. The van der Waals surface area contributed by atoms with Gasteiger partial charge in [0.1, 0.15) is 6.04 Å². The monoisotopic (exact) mass is 878 g/mol. The van der Waals surface area contributed by atoms with Crippen LogP contribution < -0.4 is 16.0 Å². The molecule has 1 rings (SSSR count). The van der Waals surface area contributed by atoms with Crippen molar-refractivity contribution in [1.29, 1.82) is 0 Å². The summed E-state index contributed by atoms with van der Waals surface area (Å²) in [4.78, 5) is 75.0. The minimum atomic E-state index is -0.741. The van der Waals surface area contributed by atoms with Crippen LogP contribution in [0.2, 0.25) is 0 Å². The molecule has 0 bridgehead atoms. The number of thioether (sulfide) groups is 1. The minimum absolute atomic E-state index is 0.0606. The molecule has 5 amide bonds. The number of ether oxygens (including phenoxy) is 8. The van der Waals surface area contributed by atoms with E-state index in [-0.39, 0.29) is 90.2 Å². The number of hydrogen-bond donors (Lipinski definition) is 3. The maximum Gasteiger partial charge on any atom is 0.243 e. The van der Waals surface area contributed by atoms with E-state index in [4.69, 9.17) is 37.9 Å². The molecule has 18 nitrogen and oxygen atoms in total. The van der Waals surface area contributed by atoms with Crippen molar-refractivity contribution in [2.45, 2.75) is 90.7 Å². The number of carbonyl (C=O) groups excluding carboxylic acids is 6. The van der Waals surface area contributed by atoms with Crippen molar-refractivity contribution in [2.24, 2.45) is 11.3 Å². The highest BCUT2D eigenvalue weighted by atomic mass is 32.2. The third-order valence-corrected chi connectivity index (χ3v) is 9.79. The molecule has 0 aromatic carbocycles. The molecule has 0 radical (unpaired) electrons. The Labute approximate surface area is 361 Å². The Bertz CT molecular complexity index is 1260. The number of ketones is 1. The summed E-state index contributed by atoms with van der Waals surface area (Å²) in [5.74, 6) is -1.61. The van der Waals surface area contributed by atoms with Crippen molar-refractivity contribution in [1.82, 2.24) is 20.9 Å². The van der Waals surface area contributed by atoms with Gasteiger partial charge in [0.15, 0.2) is 5.78 Å². The van der Waals surface area contributed by atoms with Gasteiger partial charge in [-0.2, -0.15) is 0 Å². The lowest BCUT2D eigenvalue weighted by atomic mass is 9.91. The molecule has 1 saturated heterocycles. The third-order valence-electron chi connectivity index (χ3n) is 8.43. The summed E-state index contributed by atoms with van der Waals surface area (Å²) in [5, 5.41) is 7.70. The predicted octanol–water partition coefficient (Wildman–Crippen LogP) is 1.55. The quantitative estimate of drug-likeness (QED) is 0.0602. The molecule has 1 aliphatic heterocycles. The number of amides is 5. The molecule has 0 spiro atoms. The Hall–Kier alpha value is -2.75. The molecular formula is C41H74N4O14S. The van der Waals surface area contributed by atoms with Crippen LogP contribution in [0.25, 0.3) is 0 Å². The van der Waals surface area contributed by atoms with Crippen LogP contribution >= 0.6 is 11.8 Å². The summed E-state index contributed by atoms with van der Waals surface area (Å²) in [6.07, 6.45) is 0.337. The van der Waals surface area contributed by atoms with E-state index in [2.05, 4.69) is 16.0 Å². The molecule has 1 aliphatic rings. The SMILES string of the molecule is CC(C)C(NC(=O)CCOCCOCCOCCOCCOCCOCCOCCOCCNC(=O)CCN1C(=O)CC(SC(C)(C)C)C1=O)C(=O)NCC(=O)C(C)(C)C. The van der Waals surface area contributed by atoms with Crippen LogP contribution in [-0.2, 0) is 66.7 Å². The number of Topliss-reactive ketones (excluding diaryl/α,β-unsaturated/α-hetero) is 1. The smallest absolute Gasteiger partial charge is 0.243 e. The van der Waals surface area contributed by atoms with Crippen LogP contribution in [0, 0.1) is 11.3 Å². The van der Waals surface area contributed by atoms with Gasteiger partial charge in [-0.05, 0) is 5.92 Å². The zero-order valence-corrected chi connectivity index (χ0v) is 38.2. The Morgan fingerprint density at radius 3 is 1.48 bits per heavy atom. The molecule has 0 aromatic rings. The van der Waals surface area contributed by atoms with E-state index >= 15 is 0 Å². The summed E-state index contributed by atoms with van der Waals surface area (Å²) >= 11 is 1.48. The molecule has 19 heteroatoms. The van der Waals surface area contributed by atoms with Gasteiger partial charge in [0.05, 0.1) is 118 Å². The highest BCUT2D eigenvalue weighted by Crippen LogP contribution is 2.34. The Kier molecular flexibility index (Phi) is 29.5. The zero-order chi connectivity index (χ0) is 44.8. The second kappa shape index (κ2) is 32.0. The van der Waals surface area contributed by atoms with E-state index in [1.807, 2.05) is 34.6 Å². The molecule has 1 heterocycles. The van der Waals surface area contributed by atoms with Crippen LogP contribution in [-0.4, -0.2) is 182 Å². The van der Waals surface area contributed by atoms with Gasteiger partial charge >= 0.3 is 0 Å². The van der Waals surface area contributed by atoms with E-state index in [0.717, 1.165) is 0 Å². The van der Waals surface area contributed by atoms with Gasteiger partial charge in [-0.25, -0.2) is 0 Å². The largest absolute Gasteiger partial charge is 0.379 e. The average Bonchev–Trinajstić information content (AvgIpc) is 3.43. The summed E-state index contributed by atoms with van der Waals surface area (Å²) in [7, 11) is 0. The number of likely N-dealkylation sites (tertiary alicyclic amines) is 1. The first kappa shape index (κ1) is 55.3. The lowest BCUT2D eigenvalue weighted by Crippen LogP contribution is -2.51. The fourth-order valence-electron chi connectivity index (χ4n) is 5.10. The van der Waals surface area contributed by atoms with E-state index in [0.29, 0.717) is 106 Å². The molecule has 0 aliphatic carbocycles. The fourth-order valence-corrected chi connectivity index (χ4v) is 6.41. The molecule has 348 valence electrons. The first-order valence-electron chi connectivity index (χ1n) is 20.9. The number of hydrogen-bond acceptors (Lipinski definition) is 15. The first-order chi connectivity index (χ1) is 28.4. The number of nitrogens with one attached hydrogen (secondary N) is 3. The third kappa shape index (κ3) is 28.0. The lowest BCUT2D eigenvalue weighted by molar-refractivity contribution is -0.138. The fraction of sp³-hybridized carbons (Fsp3) is 0.854. The van der Waals surface area contributed by atoms with E-state index in [9.17, 15) is 28.8 Å². The number of nitrogens with zero attached hydrogens (tertiary/aromatic N) is 1. The van der Waals surface area contributed by atoms with Crippen LogP contribution in [0.3, 0.4) is 0 Å². The molecule has 1 fully saturated rings. The molecule has 0 aromatic heterocycles. The summed E-state index contributed by atoms with van der Waals surface area (Å²) in [5.41, 5.74) is -0.556. The highest BCUT2D eigenvalue weighted by molar-refractivity contribution is 8.01. The zero-order valence-electron chi connectivity index (χ0n) is 37.4. The van der Waals surface area contributed by atoms with Gasteiger partial charge in [-0.3, -0.25) is 33.7 Å².